The van der Waals surface area contributed by atoms with Crippen LogP contribution in [0.2, 0.25) is 5.02 Å². The Morgan fingerprint density at radius 2 is 1.84 bits per heavy atom. The Bertz CT molecular complexity index is 1100. The van der Waals surface area contributed by atoms with E-state index in [1.54, 1.807) is 36.4 Å². The lowest BCUT2D eigenvalue weighted by molar-refractivity contribution is 0.0997. The normalized spacial score (nSPS) is 15.9. The van der Waals surface area contributed by atoms with E-state index in [2.05, 4.69) is 31.4 Å². The Hall–Kier alpha value is -2.57. The number of halogens is 1. The third kappa shape index (κ3) is 4.70. The van der Waals surface area contributed by atoms with Crippen LogP contribution in [-0.2, 0) is 12.8 Å². The predicted molar refractivity (Wildman–Crippen MR) is 125 cm³/mol. The molecule has 5 nitrogen and oxygen atoms in total. The standard InChI is InChI=1S/C24H25ClN2O3S/c1-24(2,3)14-6-11-17-19(13-14)31-23(27-21(28)18-5-4-12-30-18)20(17)22(29)26-16-9-7-15(25)8-10-16/h4-5,7-10,12,14H,6,11,13H2,1-3H3,(H,26,29)(H,27,28)/t14-/m1/s1. The summed E-state index contributed by atoms with van der Waals surface area (Å²) in [6.45, 7) is 6.76. The number of carbonyl (C=O) groups excluding carboxylic acids is 2. The van der Waals surface area contributed by atoms with Gasteiger partial charge in [-0.15, -0.1) is 11.3 Å². The molecule has 0 aliphatic heterocycles. The highest BCUT2D eigenvalue weighted by Gasteiger charge is 2.34. The molecule has 2 N–H and O–H groups in total. The van der Waals surface area contributed by atoms with Crippen LogP contribution in [0.1, 0.15) is 58.5 Å². The molecule has 0 bridgehead atoms. The van der Waals surface area contributed by atoms with E-state index in [0.717, 1.165) is 24.8 Å². The van der Waals surface area contributed by atoms with Crippen LogP contribution in [0.3, 0.4) is 0 Å². The molecule has 162 valence electrons. The van der Waals surface area contributed by atoms with Crippen LogP contribution in [0, 0.1) is 11.3 Å². The fourth-order valence-electron chi connectivity index (χ4n) is 3.95. The summed E-state index contributed by atoms with van der Waals surface area (Å²) in [6.07, 6.45) is 4.19. The van der Waals surface area contributed by atoms with Gasteiger partial charge in [0.05, 0.1) is 11.8 Å². The van der Waals surface area contributed by atoms with Crippen molar-refractivity contribution in [1.29, 1.82) is 0 Å². The molecule has 0 saturated heterocycles. The first kappa shape index (κ1) is 21.7. The highest BCUT2D eigenvalue weighted by molar-refractivity contribution is 7.17. The highest BCUT2D eigenvalue weighted by atomic mass is 35.5. The van der Waals surface area contributed by atoms with Gasteiger partial charge in [0.1, 0.15) is 5.00 Å². The molecule has 2 heterocycles. The monoisotopic (exact) mass is 456 g/mol. The molecule has 1 aliphatic carbocycles. The van der Waals surface area contributed by atoms with Crippen LogP contribution in [0.5, 0.6) is 0 Å². The van der Waals surface area contributed by atoms with Crippen molar-refractivity contribution in [3.05, 3.63) is 69.4 Å². The van der Waals surface area contributed by atoms with Crippen LogP contribution in [-0.4, -0.2) is 11.8 Å². The van der Waals surface area contributed by atoms with Gasteiger partial charge in [0, 0.05) is 15.6 Å². The number of carbonyl (C=O) groups is 2. The summed E-state index contributed by atoms with van der Waals surface area (Å²) in [5.74, 6) is 0.141. The van der Waals surface area contributed by atoms with Gasteiger partial charge in [-0.1, -0.05) is 32.4 Å². The van der Waals surface area contributed by atoms with Gasteiger partial charge < -0.3 is 15.1 Å². The van der Waals surface area contributed by atoms with E-state index in [1.165, 1.54) is 22.5 Å². The van der Waals surface area contributed by atoms with Crippen LogP contribution in [0.4, 0.5) is 10.7 Å². The third-order valence-electron chi connectivity index (χ3n) is 5.79. The summed E-state index contributed by atoms with van der Waals surface area (Å²) in [6, 6.07) is 10.2. The van der Waals surface area contributed by atoms with Gasteiger partial charge in [-0.3, -0.25) is 9.59 Å². The Kier molecular flexibility index (Phi) is 5.95. The molecule has 3 aromatic rings. The Morgan fingerprint density at radius 1 is 1.10 bits per heavy atom. The Balaban J connectivity index is 1.67. The molecular weight excluding hydrogens is 432 g/mol. The molecule has 31 heavy (non-hydrogen) atoms. The summed E-state index contributed by atoms with van der Waals surface area (Å²) >= 11 is 7.45. The second-order valence-corrected chi connectivity index (χ2v) is 10.4. The van der Waals surface area contributed by atoms with Crippen molar-refractivity contribution >= 4 is 45.4 Å². The van der Waals surface area contributed by atoms with E-state index in [-0.39, 0.29) is 23.0 Å². The highest BCUT2D eigenvalue weighted by Crippen LogP contribution is 2.44. The second-order valence-electron chi connectivity index (χ2n) is 8.91. The summed E-state index contributed by atoms with van der Waals surface area (Å²) in [5, 5.41) is 7.01. The van der Waals surface area contributed by atoms with Crippen LogP contribution in [0.15, 0.2) is 47.1 Å². The minimum Gasteiger partial charge on any atom is -0.459 e. The van der Waals surface area contributed by atoms with Gasteiger partial charge >= 0.3 is 0 Å². The van der Waals surface area contributed by atoms with E-state index in [0.29, 0.717) is 27.2 Å². The van der Waals surface area contributed by atoms with Crippen molar-refractivity contribution in [1.82, 2.24) is 0 Å². The number of anilines is 2. The van der Waals surface area contributed by atoms with Crippen molar-refractivity contribution in [2.24, 2.45) is 11.3 Å². The summed E-state index contributed by atoms with van der Waals surface area (Å²) in [7, 11) is 0. The first-order valence-corrected chi connectivity index (χ1v) is 11.5. The Morgan fingerprint density at radius 3 is 2.48 bits per heavy atom. The molecule has 2 amide bonds. The van der Waals surface area contributed by atoms with Crippen molar-refractivity contribution in [3.63, 3.8) is 0 Å². The largest absolute Gasteiger partial charge is 0.459 e. The molecule has 4 rings (SSSR count). The first-order valence-electron chi connectivity index (χ1n) is 10.3. The van der Waals surface area contributed by atoms with Gasteiger partial charge in [-0.25, -0.2) is 0 Å². The average Bonchev–Trinajstić information content (AvgIpc) is 3.36. The SMILES string of the molecule is CC(C)(C)[C@@H]1CCc2c(sc(NC(=O)c3ccco3)c2C(=O)Nc2ccc(Cl)cc2)C1. The van der Waals surface area contributed by atoms with Crippen molar-refractivity contribution in [2.75, 3.05) is 10.6 Å². The number of fused-ring (bicyclic) bond motifs is 1. The van der Waals surface area contributed by atoms with Crippen LogP contribution >= 0.6 is 22.9 Å². The second kappa shape index (κ2) is 8.52. The quantitative estimate of drug-likeness (QED) is 0.461. The van der Waals surface area contributed by atoms with E-state index < -0.39 is 0 Å². The molecule has 0 unspecified atom stereocenters. The number of hydrogen-bond acceptors (Lipinski definition) is 4. The van der Waals surface area contributed by atoms with Crippen LogP contribution < -0.4 is 10.6 Å². The first-order chi connectivity index (χ1) is 14.7. The third-order valence-corrected chi connectivity index (χ3v) is 7.21. The van der Waals surface area contributed by atoms with Crippen molar-refractivity contribution < 1.29 is 14.0 Å². The lowest BCUT2D eigenvalue weighted by Gasteiger charge is -2.33. The number of benzene rings is 1. The molecule has 0 saturated carbocycles. The Labute approximate surface area is 190 Å². The smallest absolute Gasteiger partial charge is 0.291 e. The van der Waals surface area contributed by atoms with E-state index in [9.17, 15) is 9.59 Å². The average molecular weight is 457 g/mol. The van der Waals surface area contributed by atoms with Gasteiger partial charge in [0.15, 0.2) is 5.76 Å². The van der Waals surface area contributed by atoms with Gasteiger partial charge in [-0.05, 0) is 72.6 Å². The molecule has 0 radical (unpaired) electrons. The lowest BCUT2D eigenvalue weighted by atomic mass is 9.72. The summed E-state index contributed by atoms with van der Waals surface area (Å²) < 4.78 is 5.22. The number of amides is 2. The number of furan rings is 1. The summed E-state index contributed by atoms with van der Waals surface area (Å²) in [5.41, 5.74) is 2.42. The zero-order chi connectivity index (χ0) is 22.2. The molecule has 1 aliphatic rings. The fraction of sp³-hybridized carbons (Fsp3) is 0.333. The molecule has 0 fully saturated rings. The predicted octanol–water partition coefficient (Wildman–Crippen LogP) is 6.65. The lowest BCUT2D eigenvalue weighted by Crippen LogP contribution is -2.27. The minimum absolute atomic E-state index is 0.186. The number of nitrogens with one attached hydrogen (secondary N) is 2. The summed E-state index contributed by atoms with van der Waals surface area (Å²) in [4.78, 5) is 27.1. The van der Waals surface area contributed by atoms with Gasteiger partial charge in [0.2, 0.25) is 0 Å². The van der Waals surface area contributed by atoms with Crippen molar-refractivity contribution in [2.45, 2.75) is 40.0 Å². The topological polar surface area (TPSA) is 71.3 Å². The number of rotatable bonds is 4. The molecule has 0 spiro atoms. The van der Waals surface area contributed by atoms with Gasteiger partial charge in [-0.2, -0.15) is 0 Å². The van der Waals surface area contributed by atoms with Crippen LogP contribution in [0.25, 0.3) is 0 Å². The number of hydrogen-bond donors (Lipinski definition) is 2. The van der Waals surface area contributed by atoms with E-state index in [1.807, 2.05) is 0 Å². The van der Waals surface area contributed by atoms with Gasteiger partial charge in [0.25, 0.3) is 11.8 Å². The molecule has 1 atom stereocenters. The zero-order valence-corrected chi connectivity index (χ0v) is 19.3. The molecule has 1 aromatic carbocycles. The number of thiophene rings is 1. The van der Waals surface area contributed by atoms with E-state index >= 15 is 0 Å². The molecule has 2 aromatic heterocycles. The van der Waals surface area contributed by atoms with E-state index in [4.69, 9.17) is 16.0 Å². The molecule has 7 heteroatoms. The fourth-order valence-corrected chi connectivity index (χ4v) is 5.40. The maximum Gasteiger partial charge on any atom is 0.291 e. The maximum absolute atomic E-state index is 13.3. The zero-order valence-electron chi connectivity index (χ0n) is 17.8. The maximum atomic E-state index is 13.3. The minimum atomic E-state index is -0.364. The molecular formula is C24H25ClN2O3S. The van der Waals surface area contributed by atoms with Crippen molar-refractivity contribution in [3.8, 4) is 0 Å².